The summed E-state index contributed by atoms with van der Waals surface area (Å²) in [4.78, 5) is 28.9. The van der Waals surface area contributed by atoms with E-state index < -0.39 is 5.91 Å². The third kappa shape index (κ3) is 1.83. The molecule has 2 rings (SSSR count). The third-order valence-electron chi connectivity index (χ3n) is 2.70. The molecule has 1 aliphatic heterocycles. The molecule has 2 heterocycles. The lowest BCUT2D eigenvalue weighted by Gasteiger charge is -2.27. The van der Waals surface area contributed by atoms with Gasteiger partial charge in [-0.15, -0.1) is 0 Å². The lowest BCUT2D eigenvalue weighted by molar-refractivity contribution is -0.136. The molecule has 0 fully saturated rings. The molecular weight excluding hydrogens is 204 g/mol. The van der Waals surface area contributed by atoms with E-state index in [9.17, 15) is 9.59 Å². The fraction of sp³-hybridized carbons (Fsp3) is 0.417. The van der Waals surface area contributed by atoms with Crippen molar-refractivity contribution >= 4 is 17.4 Å². The summed E-state index contributed by atoms with van der Waals surface area (Å²) in [5, 5.41) is 0. The van der Waals surface area contributed by atoms with E-state index in [-0.39, 0.29) is 12.2 Å². The monoisotopic (exact) mass is 218 g/mol. The van der Waals surface area contributed by atoms with E-state index >= 15 is 0 Å². The van der Waals surface area contributed by atoms with Gasteiger partial charge in [0.2, 0.25) is 5.78 Å². The van der Waals surface area contributed by atoms with Gasteiger partial charge >= 0.3 is 0 Å². The van der Waals surface area contributed by atoms with E-state index in [1.165, 1.54) is 0 Å². The Morgan fingerprint density at radius 3 is 3.00 bits per heavy atom. The quantitative estimate of drug-likeness (QED) is 0.719. The first-order chi connectivity index (χ1) is 7.74. The van der Waals surface area contributed by atoms with Crippen molar-refractivity contribution in [2.24, 2.45) is 0 Å². The molecule has 1 aromatic rings. The number of Topliss-reactive ketones (excluding diaryl/α,β-unsaturated/α-hetero) is 1. The number of unbranched alkanes of at least 4 members (excludes halogenated alkanes) is 1. The van der Waals surface area contributed by atoms with Crippen molar-refractivity contribution in [2.45, 2.75) is 26.2 Å². The number of fused-ring (bicyclic) bond motifs is 1. The summed E-state index contributed by atoms with van der Waals surface area (Å²) in [7, 11) is 0. The van der Waals surface area contributed by atoms with Crippen LogP contribution in [0.3, 0.4) is 0 Å². The van der Waals surface area contributed by atoms with Crippen LogP contribution in [0.2, 0.25) is 0 Å². The molecule has 1 amide bonds. The SMILES string of the molecule is CCCCN1C(=O)C(=O)Cc2ncccc21. The summed E-state index contributed by atoms with van der Waals surface area (Å²) < 4.78 is 0. The van der Waals surface area contributed by atoms with Crippen molar-refractivity contribution < 1.29 is 9.59 Å². The molecule has 16 heavy (non-hydrogen) atoms. The third-order valence-corrected chi connectivity index (χ3v) is 2.70. The smallest absolute Gasteiger partial charge is 0.294 e. The largest absolute Gasteiger partial charge is 0.304 e. The highest BCUT2D eigenvalue weighted by Crippen LogP contribution is 2.24. The average molecular weight is 218 g/mol. The molecule has 1 aromatic heterocycles. The zero-order chi connectivity index (χ0) is 11.5. The number of anilines is 1. The molecule has 0 unspecified atom stereocenters. The maximum Gasteiger partial charge on any atom is 0.294 e. The number of nitrogens with zero attached hydrogens (tertiary/aromatic N) is 2. The van der Waals surface area contributed by atoms with Crippen molar-refractivity contribution in [3.05, 3.63) is 24.0 Å². The first-order valence-corrected chi connectivity index (χ1v) is 5.52. The van der Waals surface area contributed by atoms with Gasteiger partial charge in [-0.3, -0.25) is 14.6 Å². The molecule has 0 aliphatic carbocycles. The zero-order valence-electron chi connectivity index (χ0n) is 9.27. The van der Waals surface area contributed by atoms with E-state index in [4.69, 9.17) is 0 Å². The summed E-state index contributed by atoms with van der Waals surface area (Å²) in [5.74, 6) is -0.753. The number of hydrogen-bond donors (Lipinski definition) is 0. The Morgan fingerprint density at radius 2 is 2.25 bits per heavy atom. The van der Waals surface area contributed by atoms with Crippen LogP contribution in [0.4, 0.5) is 5.69 Å². The lowest BCUT2D eigenvalue weighted by atomic mass is 10.1. The van der Waals surface area contributed by atoms with Gasteiger partial charge in [0, 0.05) is 12.7 Å². The average Bonchev–Trinajstić information content (AvgIpc) is 2.30. The Labute approximate surface area is 94.3 Å². The topological polar surface area (TPSA) is 50.3 Å². The highest BCUT2D eigenvalue weighted by Gasteiger charge is 2.30. The Hall–Kier alpha value is -1.71. The van der Waals surface area contributed by atoms with Gasteiger partial charge < -0.3 is 4.90 Å². The number of carbonyl (C=O) groups is 2. The first-order valence-electron chi connectivity index (χ1n) is 5.52. The first kappa shape index (κ1) is 10.8. The Balaban J connectivity index is 2.34. The molecule has 0 saturated carbocycles. The van der Waals surface area contributed by atoms with Gasteiger partial charge in [-0.1, -0.05) is 13.3 Å². The number of ketones is 1. The lowest BCUT2D eigenvalue weighted by Crippen LogP contribution is -2.42. The number of rotatable bonds is 3. The highest BCUT2D eigenvalue weighted by molar-refractivity contribution is 6.43. The van der Waals surface area contributed by atoms with Crippen LogP contribution in [-0.4, -0.2) is 23.2 Å². The van der Waals surface area contributed by atoms with Crippen molar-refractivity contribution in [3.8, 4) is 0 Å². The van der Waals surface area contributed by atoms with E-state index in [1.54, 1.807) is 17.2 Å². The summed E-state index contributed by atoms with van der Waals surface area (Å²) in [6.45, 7) is 2.65. The zero-order valence-corrected chi connectivity index (χ0v) is 9.27. The molecule has 0 aromatic carbocycles. The van der Waals surface area contributed by atoms with Crippen LogP contribution in [0.15, 0.2) is 18.3 Å². The van der Waals surface area contributed by atoms with Gasteiger partial charge in [0.05, 0.1) is 17.8 Å². The van der Waals surface area contributed by atoms with Crippen molar-refractivity contribution in [1.82, 2.24) is 4.98 Å². The summed E-state index contributed by atoms with van der Waals surface area (Å²) in [6, 6.07) is 3.64. The second-order valence-corrected chi connectivity index (χ2v) is 3.88. The van der Waals surface area contributed by atoms with Crippen LogP contribution in [0.5, 0.6) is 0 Å². The summed E-state index contributed by atoms with van der Waals surface area (Å²) >= 11 is 0. The standard InChI is InChI=1S/C12H14N2O2/c1-2-3-7-14-10-5-4-6-13-9(10)8-11(15)12(14)16/h4-6H,2-3,7-8H2,1H3. The molecule has 0 N–H and O–H groups in total. The maximum atomic E-state index is 11.7. The molecule has 0 saturated heterocycles. The number of carbonyl (C=O) groups excluding carboxylic acids is 2. The second kappa shape index (κ2) is 4.43. The second-order valence-electron chi connectivity index (χ2n) is 3.88. The van der Waals surface area contributed by atoms with Crippen molar-refractivity contribution in [1.29, 1.82) is 0 Å². The van der Waals surface area contributed by atoms with Crippen LogP contribution < -0.4 is 4.90 Å². The predicted molar refractivity (Wildman–Crippen MR) is 60.2 cm³/mol. The van der Waals surface area contributed by atoms with Gasteiger partial charge in [0.15, 0.2) is 0 Å². The van der Waals surface area contributed by atoms with E-state index in [0.717, 1.165) is 18.5 Å². The minimum atomic E-state index is -0.394. The van der Waals surface area contributed by atoms with Gasteiger partial charge in [-0.05, 0) is 18.6 Å². The summed E-state index contributed by atoms with van der Waals surface area (Å²) in [5.41, 5.74) is 1.50. The van der Waals surface area contributed by atoms with Crippen molar-refractivity contribution in [3.63, 3.8) is 0 Å². The molecule has 0 spiro atoms. The fourth-order valence-corrected chi connectivity index (χ4v) is 1.84. The number of amides is 1. The van der Waals surface area contributed by atoms with Crippen LogP contribution in [-0.2, 0) is 16.0 Å². The van der Waals surface area contributed by atoms with Gasteiger partial charge in [-0.25, -0.2) is 0 Å². The highest BCUT2D eigenvalue weighted by atomic mass is 16.2. The van der Waals surface area contributed by atoms with E-state index in [2.05, 4.69) is 11.9 Å². The molecule has 4 heteroatoms. The number of aromatic nitrogens is 1. The molecule has 1 aliphatic rings. The van der Waals surface area contributed by atoms with E-state index in [0.29, 0.717) is 12.2 Å². The van der Waals surface area contributed by atoms with Crippen LogP contribution in [0.1, 0.15) is 25.5 Å². The normalized spacial score (nSPS) is 15.2. The van der Waals surface area contributed by atoms with Crippen molar-refractivity contribution in [2.75, 3.05) is 11.4 Å². The number of hydrogen-bond acceptors (Lipinski definition) is 3. The fourth-order valence-electron chi connectivity index (χ4n) is 1.84. The van der Waals surface area contributed by atoms with Crippen LogP contribution >= 0.6 is 0 Å². The number of pyridine rings is 1. The molecular formula is C12H14N2O2. The Morgan fingerprint density at radius 1 is 1.44 bits per heavy atom. The Kier molecular flexibility index (Phi) is 2.99. The van der Waals surface area contributed by atoms with Gasteiger partial charge in [0.1, 0.15) is 0 Å². The minimum Gasteiger partial charge on any atom is -0.304 e. The molecule has 4 nitrogen and oxygen atoms in total. The van der Waals surface area contributed by atoms with Crippen LogP contribution in [0, 0.1) is 0 Å². The predicted octanol–water partition coefficient (Wildman–Crippen LogP) is 1.34. The molecule has 0 atom stereocenters. The molecule has 0 radical (unpaired) electrons. The molecule has 0 bridgehead atoms. The van der Waals surface area contributed by atoms with Gasteiger partial charge in [0.25, 0.3) is 5.91 Å². The Bertz CT molecular complexity index is 429. The molecule has 84 valence electrons. The van der Waals surface area contributed by atoms with E-state index in [1.807, 2.05) is 6.07 Å². The van der Waals surface area contributed by atoms with Gasteiger partial charge in [-0.2, -0.15) is 0 Å². The maximum absolute atomic E-state index is 11.7. The summed E-state index contributed by atoms with van der Waals surface area (Å²) in [6.07, 6.45) is 3.68. The minimum absolute atomic E-state index is 0.137. The van der Waals surface area contributed by atoms with Crippen LogP contribution in [0.25, 0.3) is 0 Å².